The Morgan fingerprint density at radius 2 is 2.16 bits per heavy atom. The lowest BCUT2D eigenvalue weighted by molar-refractivity contribution is 0.216. The van der Waals surface area contributed by atoms with Gasteiger partial charge in [-0.3, -0.25) is 0 Å². The van der Waals surface area contributed by atoms with E-state index in [4.69, 9.17) is 0 Å². The lowest BCUT2D eigenvalue weighted by Crippen LogP contribution is -2.36. The summed E-state index contributed by atoms with van der Waals surface area (Å²) in [5.41, 5.74) is 2.62. The number of likely N-dealkylation sites (N-methyl/N-ethyl adjacent to an activating group) is 1. The summed E-state index contributed by atoms with van der Waals surface area (Å²) >= 11 is 0. The first-order valence-electron chi connectivity index (χ1n) is 10.5. The number of hydrogen-bond donors (Lipinski definition) is 2. The van der Waals surface area contributed by atoms with Crippen LogP contribution in [0.25, 0.3) is 0 Å². The summed E-state index contributed by atoms with van der Waals surface area (Å²) in [6, 6.07) is 8.05. The zero-order valence-electron chi connectivity index (χ0n) is 19.3. The van der Waals surface area contributed by atoms with Gasteiger partial charge in [0.2, 0.25) is 0 Å². The summed E-state index contributed by atoms with van der Waals surface area (Å²) in [5.74, 6) is 0. The fourth-order valence-electron chi connectivity index (χ4n) is 3.56. The number of nitrogens with zero attached hydrogens (tertiary/aromatic N) is 5. The van der Waals surface area contributed by atoms with Crippen molar-refractivity contribution in [2.24, 2.45) is 0 Å². The zero-order chi connectivity index (χ0) is 23.0. The molecule has 2 atom stereocenters. The minimum absolute atomic E-state index is 0.0857. The number of urea groups is 1. The molecule has 1 aromatic carbocycles. The van der Waals surface area contributed by atoms with Crippen LogP contribution in [-0.2, 0) is 6.54 Å². The average molecular weight is 426 g/mol. The highest BCUT2D eigenvalue weighted by Gasteiger charge is 2.27. The van der Waals surface area contributed by atoms with Crippen LogP contribution in [0.5, 0.6) is 0 Å². The highest BCUT2D eigenvalue weighted by Crippen LogP contribution is 2.28. The van der Waals surface area contributed by atoms with Gasteiger partial charge in [0, 0.05) is 63.5 Å². The second-order valence-electron chi connectivity index (χ2n) is 8.04. The van der Waals surface area contributed by atoms with Crippen LogP contribution in [0.15, 0.2) is 43.4 Å². The third-order valence-corrected chi connectivity index (χ3v) is 5.53. The molecule has 2 rings (SSSR count). The molecule has 0 radical (unpaired) electrons. The van der Waals surface area contributed by atoms with E-state index in [1.54, 1.807) is 12.4 Å². The average Bonchev–Trinajstić information content (AvgIpc) is 3.25. The molecule has 2 N–H and O–H groups in total. The molecule has 8 nitrogen and oxygen atoms in total. The van der Waals surface area contributed by atoms with E-state index in [0.29, 0.717) is 12.6 Å². The topological polar surface area (TPSA) is 77.9 Å². The molecular formula is C23H35N7O. The Labute approximate surface area is 186 Å². The highest BCUT2D eigenvalue weighted by atomic mass is 16.2. The van der Waals surface area contributed by atoms with E-state index in [1.165, 1.54) is 0 Å². The van der Waals surface area contributed by atoms with Gasteiger partial charge in [0.25, 0.3) is 0 Å². The van der Waals surface area contributed by atoms with Gasteiger partial charge in [-0.2, -0.15) is 5.26 Å². The molecule has 1 aliphatic rings. The van der Waals surface area contributed by atoms with Crippen LogP contribution in [0.2, 0.25) is 0 Å². The van der Waals surface area contributed by atoms with Gasteiger partial charge >= 0.3 is 6.03 Å². The van der Waals surface area contributed by atoms with Crippen molar-refractivity contribution < 1.29 is 4.79 Å². The van der Waals surface area contributed by atoms with Crippen molar-refractivity contribution in [1.82, 2.24) is 20.0 Å². The van der Waals surface area contributed by atoms with Gasteiger partial charge in [0.05, 0.1) is 6.07 Å². The predicted molar refractivity (Wildman–Crippen MR) is 127 cm³/mol. The van der Waals surface area contributed by atoms with Gasteiger partial charge in [0.15, 0.2) is 0 Å². The van der Waals surface area contributed by atoms with Crippen molar-refractivity contribution in [2.45, 2.75) is 32.0 Å². The highest BCUT2D eigenvalue weighted by molar-refractivity contribution is 5.90. The summed E-state index contributed by atoms with van der Waals surface area (Å²) in [7, 11) is 7.85. The molecule has 1 aliphatic heterocycles. The monoisotopic (exact) mass is 425 g/mol. The number of anilines is 2. The number of carbonyl (C=O) groups is 1. The van der Waals surface area contributed by atoms with E-state index >= 15 is 0 Å². The maximum Gasteiger partial charge on any atom is 0.321 e. The quantitative estimate of drug-likeness (QED) is 0.634. The Hall–Kier alpha value is -3.18. The molecule has 0 spiro atoms. The number of carbonyl (C=O) groups excluding carboxylic acids is 1. The van der Waals surface area contributed by atoms with Crippen molar-refractivity contribution in [3.63, 3.8) is 0 Å². The van der Waals surface area contributed by atoms with E-state index in [0.717, 1.165) is 36.4 Å². The summed E-state index contributed by atoms with van der Waals surface area (Å²) in [6.45, 7) is 7.76. The number of amides is 2. The van der Waals surface area contributed by atoms with Crippen LogP contribution in [0.3, 0.4) is 0 Å². The normalized spacial score (nSPS) is 16.8. The molecule has 1 heterocycles. The first kappa shape index (κ1) is 24.1. The molecule has 1 saturated heterocycles. The Kier molecular flexibility index (Phi) is 8.76. The van der Waals surface area contributed by atoms with Crippen molar-refractivity contribution in [3.8, 4) is 6.07 Å². The van der Waals surface area contributed by atoms with Crippen molar-refractivity contribution in [2.75, 3.05) is 51.5 Å². The predicted octanol–water partition coefficient (Wildman–Crippen LogP) is 2.84. The third-order valence-electron chi connectivity index (χ3n) is 5.53. The van der Waals surface area contributed by atoms with Gasteiger partial charge in [-0.25, -0.2) is 4.79 Å². The van der Waals surface area contributed by atoms with Crippen LogP contribution < -0.4 is 15.5 Å². The number of hydrogen-bond acceptors (Lipinski definition) is 6. The Morgan fingerprint density at radius 1 is 1.42 bits per heavy atom. The van der Waals surface area contributed by atoms with Crippen LogP contribution in [0.4, 0.5) is 16.2 Å². The molecule has 31 heavy (non-hydrogen) atoms. The van der Waals surface area contributed by atoms with Crippen molar-refractivity contribution in [3.05, 3.63) is 48.9 Å². The maximum absolute atomic E-state index is 12.8. The SMILES string of the molecule is C=CN(C)Cc1cc(NC(=O)N2CCC(N(C)C)C2)ccc1N(/C=C\NC)C(C)C#N. The van der Waals surface area contributed by atoms with Crippen molar-refractivity contribution >= 4 is 17.4 Å². The maximum atomic E-state index is 12.8. The summed E-state index contributed by atoms with van der Waals surface area (Å²) in [6.07, 6.45) is 6.37. The lowest BCUT2D eigenvalue weighted by atomic mass is 10.1. The fraction of sp³-hybridized carbons (Fsp3) is 0.478. The molecule has 8 heteroatoms. The molecule has 1 aromatic rings. The summed E-state index contributed by atoms with van der Waals surface area (Å²) in [5, 5.41) is 15.5. The first-order chi connectivity index (χ1) is 14.8. The summed E-state index contributed by atoms with van der Waals surface area (Å²) < 4.78 is 0. The second kappa shape index (κ2) is 11.3. The first-order valence-corrected chi connectivity index (χ1v) is 10.5. The zero-order valence-corrected chi connectivity index (χ0v) is 19.3. The Bertz CT molecular complexity index is 830. The minimum Gasteiger partial charge on any atom is -0.393 e. The summed E-state index contributed by atoms with van der Waals surface area (Å²) in [4.78, 5) is 20.7. The van der Waals surface area contributed by atoms with Gasteiger partial charge in [0.1, 0.15) is 6.04 Å². The molecule has 0 saturated carbocycles. The molecular weight excluding hydrogens is 390 g/mol. The molecule has 2 unspecified atom stereocenters. The van der Waals surface area contributed by atoms with E-state index in [1.807, 2.05) is 74.2 Å². The molecule has 168 valence electrons. The van der Waals surface area contributed by atoms with E-state index in [9.17, 15) is 10.1 Å². The molecule has 0 bridgehead atoms. The number of likely N-dealkylation sites (tertiary alicyclic amines) is 1. The fourth-order valence-corrected chi connectivity index (χ4v) is 3.56. The van der Waals surface area contributed by atoms with Crippen molar-refractivity contribution in [1.29, 1.82) is 5.26 Å². The van der Waals surface area contributed by atoms with Gasteiger partial charge in [-0.05, 0) is 57.4 Å². The lowest BCUT2D eigenvalue weighted by Gasteiger charge is -2.28. The van der Waals surface area contributed by atoms with Gasteiger partial charge in [-0.1, -0.05) is 6.58 Å². The Balaban J connectivity index is 2.29. The van der Waals surface area contributed by atoms with Crippen LogP contribution in [-0.4, -0.2) is 74.1 Å². The molecule has 2 amide bonds. The largest absolute Gasteiger partial charge is 0.393 e. The third kappa shape index (κ3) is 6.40. The second-order valence-corrected chi connectivity index (χ2v) is 8.04. The Morgan fingerprint density at radius 3 is 2.74 bits per heavy atom. The molecule has 0 aliphatic carbocycles. The standard InChI is InChI=1S/C23H35N7O/c1-7-28(6)16-19-14-20(26-23(31)29-12-10-21(17-29)27(4)5)8-9-22(19)30(13-11-25-3)18(2)15-24/h7-9,11,13-14,18,21,25H,1,10,12,16-17H2,2-6H3,(H,26,31)/b13-11-. The number of rotatable bonds is 9. The van der Waals surface area contributed by atoms with E-state index in [2.05, 4.69) is 28.2 Å². The van der Waals surface area contributed by atoms with Gasteiger partial charge < -0.3 is 30.2 Å². The number of nitrogens with one attached hydrogen (secondary N) is 2. The molecule has 1 fully saturated rings. The van der Waals surface area contributed by atoms with Crippen LogP contribution >= 0.6 is 0 Å². The van der Waals surface area contributed by atoms with Crippen LogP contribution in [0.1, 0.15) is 18.9 Å². The van der Waals surface area contributed by atoms with E-state index < -0.39 is 0 Å². The minimum atomic E-state index is -0.356. The number of benzene rings is 1. The molecule has 0 aromatic heterocycles. The van der Waals surface area contributed by atoms with E-state index in [-0.39, 0.29) is 12.1 Å². The van der Waals surface area contributed by atoms with Crippen LogP contribution in [0, 0.1) is 11.3 Å². The number of nitriles is 1. The smallest absolute Gasteiger partial charge is 0.321 e. The van der Waals surface area contributed by atoms with Gasteiger partial charge in [-0.15, -0.1) is 0 Å².